The van der Waals surface area contributed by atoms with Crippen molar-refractivity contribution in [3.63, 3.8) is 0 Å². The van der Waals surface area contributed by atoms with E-state index in [0.29, 0.717) is 0 Å². The van der Waals surface area contributed by atoms with E-state index in [-0.39, 0.29) is 9.92 Å². The van der Waals surface area contributed by atoms with E-state index in [1.807, 2.05) is 33.0 Å². The summed E-state index contributed by atoms with van der Waals surface area (Å²) in [6.45, 7) is 0.841. The first kappa shape index (κ1) is 12.5. The smallest absolute Gasteiger partial charge is 0.309 e. The van der Waals surface area contributed by atoms with Crippen molar-refractivity contribution in [2.24, 2.45) is 0 Å². The van der Waals surface area contributed by atoms with Crippen LogP contribution in [0, 0.1) is 41.2 Å². The van der Waals surface area contributed by atoms with Crippen molar-refractivity contribution in [2.75, 3.05) is 20.6 Å². The standard InChI is InChI=1S/C12H13N2O2S/c1-13(2)8-9-4-3-5-10(9)11-6-7-12(17-11)14(15)16/h3-7H,8H2,1-2H3. The highest BCUT2D eigenvalue weighted by Crippen LogP contribution is 2.42. The first-order valence-electron chi connectivity index (χ1n) is 5.22. The monoisotopic (exact) mass is 249 g/mol. The Balaban J connectivity index is 2.11. The SMILES string of the molecule is CN(C)C[C]1[CH][CH][CH][C]1c1ccc([N+](=O)[O-])s1. The Kier molecular flexibility index (Phi) is 3.79. The van der Waals surface area contributed by atoms with Gasteiger partial charge < -0.3 is 4.90 Å². The summed E-state index contributed by atoms with van der Waals surface area (Å²) >= 11 is 1.22. The lowest BCUT2D eigenvalue weighted by molar-refractivity contribution is -0.380. The predicted octanol–water partition coefficient (Wildman–Crippen LogP) is 2.34. The van der Waals surface area contributed by atoms with Crippen LogP contribution in [0.5, 0.6) is 0 Å². The molecule has 0 saturated heterocycles. The molecule has 1 aromatic heterocycles. The predicted molar refractivity (Wildman–Crippen MR) is 68.0 cm³/mol. The van der Waals surface area contributed by atoms with Crippen LogP contribution in [0.4, 0.5) is 5.00 Å². The topological polar surface area (TPSA) is 46.4 Å². The van der Waals surface area contributed by atoms with Crippen LogP contribution in [0.15, 0.2) is 12.1 Å². The van der Waals surface area contributed by atoms with Crippen molar-refractivity contribution in [2.45, 2.75) is 0 Å². The second kappa shape index (κ2) is 5.14. The van der Waals surface area contributed by atoms with E-state index >= 15 is 0 Å². The van der Waals surface area contributed by atoms with Gasteiger partial charge in [-0.15, -0.1) is 0 Å². The van der Waals surface area contributed by atoms with Gasteiger partial charge in [-0.2, -0.15) is 0 Å². The molecule has 0 N–H and O–H groups in total. The Morgan fingerprint density at radius 2 is 2.12 bits per heavy atom. The van der Waals surface area contributed by atoms with Crippen LogP contribution in [0.1, 0.15) is 4.88 Å². The molecule has 0 aliphatic heterocycles. The number of thiophene rings is 1. The van der Waals surface area contributed by atoms with Gasteiger partial charge in [0.05, 0.1) is 4.92 Å². The van der Waals surface area contributed by atoms with Crippen LogP contribution in [-0.2, 0) is 0 Å². The maximum atomic E-state index is 10.7. The Bertz CT molecular complexity index is 403. The summed E-state index contributed by atoms with van der Waals surface area (Å²) < 4.78 is 0. The molecular formula is C12H13N2O2S. The van der Waals surface area contributed by atoms with Crippen molar-refractivity contribution in [3.8, 4) is 0 Å². The molecular weight excluding hydrogens is 236 g/mol. The molecule has 89 valence electrons. The Hall–Kier alpha value is -0.940. The van der Waals surface area contributed by atoms with E-state index in [9.17, 15) is 10.1 Å². The lowest BCUT2D eigenvalue weighted by Crippen LogP contribution is -2.22. The van der Waals surface area contributed by atoms with Crippen LogP contribution < -0.4 is 0 Å². The summed E-state index contributed by atoms with van der Waals surface area (Å²) in [6, 6.07) is 3.38. The van der Waals surface area contributed by atoms with Crippen LogP contribution >= 0.6 is 11.3 Å². The summed E-state index contributed by atoms with van der Waals surface area (Å²) in [5.41, 5.74) is 0. The minimum atomic E-state index is -0.345. The molecule has 17 heavy (non-hydrogen) atoms. The molecule has 0 unspecified atom stereocenters. The summed E-state index contributed by atoms with van der Waals surface area (Å²) in [5.74, 6) is 2.29. The van der Waals surface area contributed by atoms with Gasteiger partial charge in [0.15, 0.2) is 0 Å². The summed E-state index contributed by atoms with van der Waals surface area (Å²) in [4.78, 5) is 13.4. The average Bonchev–Trinajstić information content (AvgIpc) is 2.83. The highest BCUT2D eigenvalue weighted by Gasteiger charge is 2.32. The quantitative estimate of drug-likeness (QED) is 0.608. The number of nitrogens with zero attached hydrogens (tertiary/aromatic N) is 2. The van der Waals surface area contributed by atoms with Crippen LogP contribution in [-0.4, -0.2) is 30.5 Å². The third-order valence-electron chi connectivity index (χ3n) is 2.43. The summed E-state index contributed by atoms with van der Waals surface area (Å²) in [5, 5.41) is 10.8. The van der Waals surface area contributed by atoms with E-state index in [4.69, 9.17) is 0 Å². The first-order chi connectivity index (χ1) is 8.08. The Morgan fingerprint density at radius 1 is 1.35 bits per heavy atom. The molecule has 0 aromatic carbocycles. The zero-order valence-electron chi connectivity index (χ0n) is 9.71. The van der Waals surface area contributed by atoms with Crippen LogP contribution in [0.3, 0.4) is 0 Å². The highest BCUT2D eigenvalue weighted by molar-refractivity contribution is 7.15. The van der Waals surface area contributed by atoms with Gasteiger partial charge >= 0.3 is 5.00 Å². The van der Waals surface area contributed by atoms with Crippen molar-refractivity contribution in [3.05, 3.63) is 58.2 Å². The van der Waals surface area contributed by atoms with E-state index in [1.165, 1.54) is 17.3 Å². The maximum Gasteiger partial charge on any atom is 0.324 e. The molecule has 1 aliphatic carbocycles. The van der Waals surface area contributed by atoms with Crippen molar-refractivity contribution >= 4 is 16.3 Å². The zero-order valence-corrected chi connectivity index (χ0v) is 10.5. The molecule has 1 saturated carbocycles. The first-order valence-corrected chi connectivity index (χ1v) is 6.03. The third kappa shape index (κ3) is 2.84. The molecule has 1 heterocycles. The molecule has 5 radical (unpaired) electrons. The minimum Gasteiger partial charge on any atom is -0.309 e. The third-order valence-corrected chi connectivity index (χ3v) is 3.50. The van der Waals surface area contributed by atoms with Crippen LogP contribution in [0.25, 0.3) is 0 Å². The lowest BCUT2D eigenvalue weighted by atomic mass is 9.94. The fraction of sp³-hybridized carbons (Fsp3) is 0.250. The lowest BCUT2D eigenvalue weighted by Gasteiger charge is -2.20. The van der Waals surface area contributed by atoms with Crippen LogP contribution in [0.2, 0.25) is 0 Å². The molecule has 4 nitrogen and oxygen atoms in total. The average molecular weight is 249 g/mol. The van der Waals surface area contributed by atoms with Gasteiger partial charge in [0, 0.05) is 29.3 Å². The number of hydrogen-bond acceptors (Lipinski definition) is 4. The molecule has 0 bridgehead atoms. The number of nitro groups is 1. The second-order valence-electron chi connectivity index (χ2n) is 4.10. The van der Waals surface area contributed by atoms with Gasteiger partial charge in [0.25, 0.3) is 0 Å². The molecule has 1 aliphatic rings. The number of hydrogen-bond donors (Lipinski definition) is 0. The van der Waals surface area contributed by atoms with Gasteiger partial charge in [-0.05, 0) is 39.4 Å². The van der Waals surface area contributed by atoms with Gasteiger partial charge in [-0.3, -0.25) is 10.1 Å². The molecule has 2 rings (SSSR count). The molecule has 0 spiro atoms. The van der Waals surface area contributed by atoms with Crippen molar-refractivity contribution < 1.29 is 4.92 Å². The largest absolute Gasteiger partial charge is 0.324 e. The molecule has 0 amide bonds. The molecule has 1 aromatic rings. The maximum absolute atomic E-state index is 10.7. The minimum absolute atomic E-state index is 0.192. The van der Waals surface area contributed by atoms with E-state index in [1.54, 1.807) is 6.07 Å². The normalized spacial score (nSPS) is 18.1. The van der Waals surface area contributed by atoms with E-state index in [0.717, 1.165) is 17.3 Å². The highest BCUT2D eigenvalue weighted by atomic mass is 32.1. The Labute approximate surface area is 105 Å². The number of rotatable bonds is 4. The van der Waals surface area contributed by atoms with Gasteiger partial charge in [-0.25, -0.2) is 0 Å². The Morgan fingerprint density at radius 3 is 2.71 bits per heavy atom. The van der Waals surface area contributed by atoms with Gasteiger partial charge in [-0.1, -0.05) is 11.3 Å². The summed E-state index contributed by atoms with van der Waals surface area (Å²) in [7, 11) is 4.02. The molecule has 1 fully saturated rings. The fourth-order valence-electron chi connectivity index (χ4n) is 1.75. The second-order valence-corrected chi connectivity index (χ2v) is 5.16. The fourth-order valence-corrected chi connectivity index (χ4v) is 2.63. The summed E-state index contributed by atoms with van der Waals surface area (Å²) in [6.07, 6.45) is 6.05. The van der Waals surface area contributed by atoms with Crippen molar-refractivity contribution in [1.29, 1.82) is 0 Å². The zero-order chi connectivity index (χ0) is 12.4. The molecule has 5 heteroatoms. The van der Waals surface area contributed by atoms with E-state index < -0.39 is 0 Å². The molecule has 0 atom stereocenters. The van der Waals surface area contributed by atoms with Crippen molar-refractivity contribution in [1.82, 2.24) is 4.90 Å². The van der Waals surface area contributed by atoms with Gasteiger partial charge in [0.1, 0.15) is 0 Å². The van der Waals surface area contributed by atoms with E-state index in [2.05, 4.69) is 11.3 Å². The van der Waals surface area contributed by atoms with Gasteiger partial charge in [0.2, 0.25) is 0 Å².